The standard InChI is InChI=1S/C13H29N5/c1-5-17(6-2)13(14)15-11-12(3)18-9-7-16(4)8-10-18/h12H,5-11H2,1-4H3,(H2,14,15). The van der Waals surface area contributed by atoms with Crippen LogP contribution in [0, 0.1) is 0 Å². The number of guanidine groups is 1. The van der Waals surface area contributed by atoms with E-state index in [0.717, 1.165) is 45.8 Å². The second-order valence-corrected chi connectivity index (χ2v) is 5.06. The van der Waals surface area contributed by atoms with E-state index in [2.05, 4.69) is 47.5 Å². The van der Waals surface area contributed by atoms with Crippen molar-refractivity contribution in [3.63, 3.8) is 0 Å². The van der Waals surface area contributed by atoms with Crippen LogP contribution in [0.25, 0.3) is 0 Å². The predicted octanol–water partition coefficient (Wildman–Crippen LogP) is 0.279. The Balaban J connectivity index is 2.39. The van der Waals surface area contributed by atoms with Gasteiger partial charge >= 0.3 is 0 Å². The third-order valence-electron chi connectivity index (χ3n) is 3.77. The molecule has 18 heavy (non-hydrogen) atoms. The lowest BCUT2D eigenvalue weighted by Crippen LogP contribution is -2.49. The van der Waals surface area contributed by atoms with Crippen LogP contribution in [0.2, 0.25) is 0 Å². The summed E-state index contributed by atoms with van der Waals surface area (Å²) in [7, 11) is 2.18. The summed E-state index contributed by atoms with van der Waals surface area (Å²) in [5, 5.41) is 0. The molecule has 0 spiro atoms. The number of hydrogen-bond donors (Lipinski definition) is 1. The molecule has 0 radical (unpaired) electrons. The monoisotopic (exact) mass is 255 g/mol. The van der Waals surface area contributed by atoms with Gasteiger partial charge in [0.25, 0.3) is 0 Å². The van der Waals surface area contributed by atoms with Crippen LogP contribution in [0.15, 0.2) is 4.99 Å². The molecule has 1 heterocycles. The Labute approximate surface area is 112 Å². The lowest BCUT2D eigenvalue weighted by Gasteiger charge is -2.36. The summed E-state index contributed by atoms with van der Waals surface area (Å²) in [6, 6.07) is 0.479. The first kappa shape index (κ1) is 15.2. The lowest BCUT2D eigenvalue weighted by molar-refractivity contribution is 0.122. The summed E-state index contributed by atoms with van der Waals surface area (Å²) < 4.78 is 0. The quantitative estimate of drug-likeness (QED) is 0.566. The Bertz CT molecular complexity index is 254. The van der Waals surface area contributed by atoms with E-state index in [1.165, 1.54) is 0 Å². The zero-order valence-corrected chi connectivity index (χ0v) is 12.4. The summed E-state index contributed by atoms with van der Waals surface area (Å²) in [6.07, 6.45) is 0. The maximum absolute atomic E-state index is 5.99. The van der Waals surface area contributed by atoms with Gasteiger partial charge in [0.15, 0.2) is 5.96 Å². The van der Waals surface area contributed by atoms with Crippen molar-refractivity contribution in [2.45, 2.75) is 26.8 Å². The van der Waals surface area contributed by atoms with Gasteiger partial charge in [0.2, 0.25) is 0 Å². The van der Waals surface area contributed by atoms with Gasteiger partial charge in [0.05, 0.1) is 6.54 Å². The molecule has 0 bridgehead atoms. The van der Waals surface area contributed by atoms with Crippen LogP contribution >= 0.6 is 0 Å². The molecule has 5 nitrogen and oxygen atoms in total. The fourth-order valence-corrected chi connectivity index (χ4v) is 2.25. The highest BCUT2D eigenvalue weighted by Crippen LogP contribution is 2.05. The van der Waals surface area contributed by atoms with E-state index in [1.807, 2.05) is 0 Å². The van der Waals surface area contributed by atoms with Crippen molar-refractivity contribution in [2.75, 3.05) is 52.9 Å². The highest BCUT2D eigenvalue weighted by atomic mass is 15.3. The average molecular weight is 255 g/mol. The molecular weight excluding hydrogens is 226 g/mol. The molecule has 1 aliphatic rings. The zero-order chi connectivity index (χ0) is 13.5. The van der Waals surface area contributed by atoms with Crippen LogP contribution in [0.4, 0.5) is 0 Å². The van der Waals surface area contributed by atoms with Gasteiger partial charge in [-0.1, -0.05) is 0 Å². The number of hydrogen-bond acceptors (Lipinski definition) is 3. The molecule has 0 aliphatic carbocycles. The smallest absolute Gasteiger partial charge is 0.191 e. The molecule has 1 rings (SSSR count). The molecule has 0 aromatic rings. The van der Waals surface area contributed by atoms with Gasteiger partial charge in [0.1, 0.15) is 0 Å². The SMILES string of the molecule is CCN(CC)C(N)=NCC(C)N1CCN(C)CC1. The molecule has 1 unspecified atom stereocenters. The summed E-state index contributed by atoms with van der Waals surface area (Å²) in [5.74, 6) is 0.681. The molecule has 0 saturated carbocycles. The number of nitrogens with two attached hydrogens (primary N) is 1. The number of likely N-dealkylation sites (N-methyl/N-ethyl adjacent to an activating group) is 1. The summed E-state index contributed by atoms with van der Waals surface area (Å²) in [6.45, 7) is 13.7. The van der Waals surface area contributed by atoms with Gasteiger partial charge < -0.3 is 15.5 Å². The van der Waals surface area contributed by atoms with Crippen LogP contribution in [-0.4, -0.2) is 79.6 Å². The van der Waals surface area contributed by atoms with Crippen LogP contribution in [0.5, 0.6) is 0 Å². The number of aliphatic imine (C=N–C) groups is 1. The molecule has 0 aromatic carbocycles. The van der Waals surface area contributed by atoms with E-state index in [4.69, 9.17) is 5.73 Å². The van der Waals surface area contributed by atoms with Crippen molar-refractivity contribution in [1.82, 2.24) is 14.7 Å². The third kappa shape index (κ3) is 4.46. The van der Waals surface area contributed by atoms with Crippen molar-refractivity contribution >= 4 is 5.96 Å². The van der Waals surface area contributed by atoms with Crippen molar-refractivity contribution in [3.05, 3.63) is 0 Å². The van der Waals surface area contributed by atoms with Crippen molar-refractivity contribution < 1.29 is 0 Å². The van der Waals surface area contributed by atoms with E-state index in [0.29, 0.717) is 12.0 Å². The minimum Gasteiger partial charge on any atom is -0.370 e. The fraction of sp³-hybridized carbons (Fsp3) is 0.923. The highest BCUT2D eigenvalue weighted by Gasteiger charge is 2.18. The Morgan fingerprint density at radius 2 is 1.78 bits per heavy atom. The van der Waals surface area contributed by atoms with E-state index in [-0.39, 0.29) is 0 Å². The first-order chi connectivity index (χ1) is 8.58. The van der Waals surface area contributed by atoms with Gasteiger partial charge in [-0.05, 0) is 27.8 Å². The minimum atomic E-state index is 0.479. The maximum Gasteiger partial charge on any atom is 0.191 e. The number of rotatable bonds is 5. The Hall–Kier alpha value is -0.810. The van der Waals surface area contributed by atoms with Crippen molar-refractivity contribution in [2.24, 2.45) is 10.7 Å². The van der Waals surface area contributed by atoms with Gasteiger partial charge in [-0.25, -0.2) is 0 Å². The zero-order valence-electron chi connectivity index (χ0n) is 12.4. The van der Waals surface area contributed by atoms with E-state index in [1.54, 1.807) is 0 Å². The first-order valence-corrected chi connectivity index (χ1v) is 7.05. The van der Waals surface area contributed by atoms with Gasteiger partial charge in [0, 0.05) is 45.3 Å². The van der Waals surface area contributed by atoms with E-state index >= 15 is 0 Å². The summed E-state index contributed by atoms with van der Waals surface area (Å²) >= 11 is 0. The molecular formula is C13H29N5. The molecule has 1 atom stereocenters. The second kappa shape index (κ2) is 7.59. The Kier molecular flexibility index (Phi) is 6.43. The second-order valence-electron chi connectivity index (χ2n) is 5.06. The van der Waals surface area contributed by atoms with Crippen LogP contribution in [0.1, 0.15) is 20.8 Å². The van der Waals surface area contributed by atoms with Crippen molar-refractivity contribution in [3.8, 4) is 0 Å². The maximum atomic E-state index is 5.99. The van der Waals surface area contributed by atoms with Crippen LogP contribution in [0.3, 0.4) is 0 Å². The first-order valence-electron chi connectivity index (χ1n) is 7.05. The minimum absolute atomic E-state index is 0.479. The van der Waals surface area contributed by atoms with Gasteiger partial charge in [-0.2, -0.15) is 0 Å². The summed E-state index contributed by atoms with van der Waals surface area (Å²) in [4.78, 5) is 11.5. The summed E-state index contributed by atoms with van der Waals surface area (Å²) in [5.41, 5.74) is 5.99. The Morgan fingerprint density at radius 3 is 2.28 bits per heavy atom. The van der Waals surface area contributed by atoms with E-state index < -0.39 is 0 Å². The van der Waals surface area contributed by atoms with Gasteiger partial charge in [-0.15, -0.1) is 0 Å². The van der Waals surface area contributed by atoms with Crippen LogP contribution < -0.4 is 5.73 Å². The average Bonchev–Trinajstić information content (AvgIpc) is 2.38. The van der Waals surface area contributed by atoms with Crippen molar-refractivity contribution in [1.29, 1.82) is 0 Å². The van der Waals surface area contributed by atoms with Crippen LogP contribution in [-0.2, 0) is 0 Å². The largest absolute Gasteiger partial charge is 0.370 e. The van der Waals surface area contributed by atoms with E-state index in [9.17, 15) is 0 Å². The lowest BCUT2D eigenvalue weighted by atomic mass is 10.2. The number of nitrogens with zero attached hydrogens (tertiary/aromatic N) is 4. The fourth-order valence-electron chi connectivity index (χ4n) is 2.25. The molecule has 2 N–H and O–H groups in total. The highest BCUT2D eigenvalue weighted by molar-refractivity contribution is 5.78. The molecule has 1 saturated heterocycles. The topological polar surface area (TPSA) is 48.1 Å². The molecule has 106 valence electrons. The third-order valence-corrected chi connectivity index (χ3v) is 3.77. The Morgan fingerprint density at radius 1 is 1.22 bits per heavy atom. The normalized spacial score (nSPS) is 21.0. The predicted molar refractivity (Wildman–Crippen MR) is 77.9 cm³/mol. The van der Waals surface area contributed by atoms with Gasteiger partial charge in [-0.3, -0.25) is 9.89 Å². The molecule has 0 aromatic heterocycles. The molecule has 1 fully saturated rings. The molecule has 0 amide bonds. The number of piperazine rings is 1. The molecule has 5 heteroatoms. The molecule has 1 aliphatic heterocycles.